The van der Waals surface area contributed by atoms with Crippen molar-refractivity contribution in [3.63, 3.8) is 0 Å². The summed E-state index contributed by atoms with van der Waals surface area (Å²) in [6, 6.07) is 10.5. The van der Waals surface area contributed by atoms with E-state index in [0.29, 0.717) is 38.2 Å². The minimum Gasteiger partial charge on any atom is -0.478 e. The monoisotopic (exact) mass is 440 g/mol. The van der Waals surface area contributed by atoms with Crippen LogP contribution in [0.15, 0.2) is 42.5 Å². The van der Waals surface area contributed by atoms with Gasteiger partial charge in [0.25, 0.3) is 5.91 Å². The summed E-state index contributed by atoms with van der Waals surface area (Å²) in [5.74, 6) is -1.06. The number of benzene rings is 2. The number of hydrogen-bond acceptors (Lipinski definition) is 5. The fourth-order valence-corrected chi connectivity index (χ4v) is 3.84. The predicted octanol–water partition coefficient (Wildman–Crippen LogP) is 2.18. The topological polar surface area (TPSA) is 96.7 Å². The molecule has 32 heavy (non-hydrogen) atoms. The van der Waals surface area contributed by atoms with Gasteiger partial charge in [-0.2, -0.15) is 0 Å². The van der Waals surface area contributed by atoms with E-state index in [4.69, 9.17) is 4.74 Å². The summed E-state index contributed by atoms with van der Waals surface area (Å²) in [6.07, 6.45) is 0.460. The van der Waals surface area contributed by atoms with E-state index in [1.165, 1.54) is 18.2 Å². The molecule has 0 radical (unpaired) electrons. The van der Waals surface area contributed by atoms with Crippen molar-refractivity contribution < 1.29 is 23.8 Å². The number of nitrogens with one attached hydrogen (secondary N) is 1. The zero-order chi connectivity index (χ0) is 22.5. The molecule has 1 amide bonds. The Kier molecular flexibility index (Phi) is 6.77. The number of carbonyl (C=O) groups excluding carboxylic acids is 1. The van der Waals surface area contributed by atoms with Crippen LogP contribution in [0, 0.1) is 5.82 Å². The molecule has 0 bridgehead atoms. The van der Waals surface area contributed by atoms with Gasteiger partial charge in [-0.05, 0) is 36.4 Å². The van der Waals surface area contributed by atoms with Gasteiger partial charge in [-0.1, -0.05) is 6.07 Å². The standard InChI is InChI=1S/C23H25FN4O4/c24-18-3-1-2-16(14-18)22(29)25-7-6-21-26-19-15-17(23(30)31)4-5-20(19)28(21)9-8-27-10-12-32-13-11-27/h1-5,14-15H,6-13H2,(H,25,29)(H,30,31). The summed E-state index contributed by atoms with van der Waals surface area (Å²) >= 11 is 0. The molecule has 1 fully saturated rings. The molecule has 4 rings (SSSR count). The number of carboxylic acids is 1. The lowest BCUT2D eigenvalue weighted by Gasteiger charge is -2.27. The molecule has 2 aromatic carbocycles. The average Bonchev–Trinajstić information content (AvgIpc) is 3.14. The molecule has 0 aliphatic carbocycles. The Morgan fingerprint density at radius 3 is 2.66 bits per heavy atom. The van der Waals surface area contributed by atoms with E-state index < -0.39 is 11.8 Å². The van der Waals surface area contributed by atoms with Crippen molar-refractivity contribution in [1.82, 2.24) is 19.8 Å². The molecule has 1 aliphatic heterocycles. The summed E-state index contributed by atoms with van der Waals surface area (Å²) in [5.41, 5.74) is 1.91. The fraction of sp³-hybridized carbons (Fsp3) is 0.348. The number of nitrogens with zero attached hydrogens (tertiary/aromatic N) is 3. The van der Waals surface area contributed by atoms with Crippen molar-refractivity contribution in [2.75, 3.05) is 39.4 Å². The highest BCUT2D eigenvalue weighted by molar-refractivity contribution is 5.94. The quantitative estimate of drug-likeness (QED) is 0.557. The number of carboxylic acid groups (broad SMARTS) is 1. The molecule has 1 aromatic heterocycles. The molecule has 2 N–H and O–H groups in total. The van der Waals surface area contributed by atoms with Crippen LogP contribution in [0.5, 0.6) is 0 Å². The van der Waals surface area contributed by atoms with Crippen LogP contribution in [0.2, 0.25) is 0 Å². The van der Waals surface area contributed by atoms with Crippen molar-refractivity contribution in [2.45, 2.75) is 13.0 Å². The molecule has 2 heterocycles. The maximum Gasteiger partial charge on any atom is 0.335 e. The summed E-state index contributed by atoms with van der Waals surface area (Å²) < 4.78 is 20.8. The first kappa shape index (κ1) is 21.9. The molecule has 0 saturated carbocycles. The van der Waals surface area contributed by atoms with Crippen LogP contribution >= 0.6 is 0 Å². The molecule has 0 unspecified atom stereocenters. The number of fused-ring (bicyclic) bond motifs is 1. The van der Waals surface area contributed by atoms with Gasteiger partial charge < -0.3 is 19.7 Å². The number of halogens is 1. The predicted molar refractivity (Wildman–Crippen MR) is 116 cm³/mol. The molecular formula is C23H25FN4O4. The third-order valence-electron chi connectivity index (χ3n) is 5.54. The van der Waals surface area contributed by atoms with E-state index in [1.54, 1.807) is 24.3 Å². The van der Waals surface area contributed by atoms with Crippen LogP contribution in [0.25, 0.3) is 11.0 Å². The Balaban J connectivity index is 1.50. The second kappa shape index (κ2) is 9.88. The highest BCUT2D eigenvalue weighted by Crippen LogP contribution is 2.19. The van der Waals surface area contributed by atoms with Crippen LogP contribution in [-0.4, -0.2) is 70.8 Å². The summed E-state index contributed by atoms with van der Waals surface area (Å²) in [4.78, 5) is 30.6. The van der Waals surface area contributed by atoms with Gasteiger partial charge in [-0.15, -0.1) is 0 Å². The van der Waals surface area contributed by atoms with Crippen molar-refractivity contribution in [3.05, 3.63) is 65.2 Å². The summed E-state index contributed by atoms with van der Waals surface area (Å²) in [6.45, 7) is 5.00. The van der Waals surface area contributed by atoms with Gasteiger partial charge in [0.1, 0.15) is 11.6 Å². The van der Waals surface area contributed by atoms with Crippen LogP contribution in [0.4, 0.5) is 4.39 Å². The first-order valence-electron chi connectivity index (χ1n) is 10.6. The zero-order valence-corrected chi connectivity index (χ0v) is 17.6. The van der Waals surface area contributed by atoms with Crippen molar-refractivity contribution in [2.24, 2.45) is 0 Å². The van der Waals surface area contributed by atoms with E-state index in [-0.39, 0.29) is 17.0 Å². The number of carbonyl (C=O) groups is 2. The Labute approximate surface area is 184 Å². The second-order valence-corrected chi connectivity index (χ2v) is 7.66. The maximum absolute atomic E-state index is 13.4. The number of amides is 1. The Morgan fingerprint density at radius 1 is 1.09 bits per heavy atom. The average molecular weight is 440 g/mol. The molecular weight excluding hydrogens is 415 g/mol. The van der Waals surface area contributed by atoms with E-state index in [2.05, 4.69) is 19.8 Å². The number of aromatic carboxylic acids is 1. The molecule has 3 aromatic rings. The lowest BCUT2D eigenvalue weighted by Crippen LogP contribution is -2.38. The molecule has 1 saturated heterocycles. The first-order valence-corrected chi connectivity index (χ1v) is 10.6. The van der Waals surface area contributed by atoms with Crippen LogP contribution in [0.3, 0.4) is 0 Å². The maximum atomic E-state index is 13.4. The third kappa shape index (κ3) is 5.12. The minimum atomic E-state index is -1.00. The highest BCUT2D eigenvalue weighted by Gasteiger charge is 2.16. The smallest absolute Gasteiger partial charge is 0.335 e. The molecule has 0 atom stereocenters. The van der Waals surface area contributed by atoms with Gasteiger partial charge in [-0.3, -0.25) is 9.69 Å². The van der Waals surface area contributed by atoms with Crippen molar-refractivity contribution in [1.29, 1.82) is 0 Å². The van der Waals surface area contributed by atoms with E-state index in [9.17, 15) is 19.1 Å². The van der Waals surface area contributed by atoms with Gasteiger partial charge in [0.15, 0.2) is 0 Å². The second-order valence-electron chi connectivity index (χ2n) is 7.66. The number of hydrogen-bond donors (Lipinski definition) is 2. The number of aromatic nitrogens is 2. The van der Waals surface area contributed by atoms with Gasteiger partial charge >= 0.3 is 5.97 Å². The number of imidazole rings is 1. The highest BCUT2D eigenvalue weighted by atomic mass is 19.1. The molecule has 1 aliphatic rings. The number of morpholine rings is 1. The third-order valence-corrected chi connectivity index (χ3v) is 5.54. The van der Waals surface area contributed by atoms with E-state index in [1.807, 2.05) is 0 Å². The first-order chi connectivity index (χ1) is 15.5. The van der Waals surface area contributed by atoms with E-state index >= 15 is 0 Å². The Bertz CT molecular complexity index is 1120. The fourth-order valence-electron chi connectivity index (χ4n) is 3.84. The SMILES string of the molecule is O=C(O)c1ccc2c(c1)nc(CCNC(=O)c1cccc(F)c1)n2CCN1CCOCC1. The minimum absolute atomic E-state index is 0.182. The van der Waals surface area contributed by atoms with Gasteiger partial charge in [-0.25, -0.2) is 14.2 Å². The van der Waals surface area contributed by atoms with Crippen molar-refractivity contribution in [3.8, 4) is 0 Å². The Hall–Kier alpha value is -3.30. The van der Waals surface area contributed by atoms with Crippen LogP contribution in [0.1, 0.15) is 26.5 Å². The number of rotatable bonds is 8. The summed E-state index contributed by atoms with van der Waals surface area (Å²) in [7, 11) is 0. The molecule has 8 nitrogen and oxygen atoms in total. The van der Waals surface area contributed by atoms with Gasteiger partial charge in [0, 0.05) is 44.7 Å². The lowest BCUT2D eigenvalue weighted by molar-refractivity contribution is 0.0364. The van der Waals surface area contributed by atoms with Gasteiger partial charge in [0.05, 0.1) is 29.8 Å². The van der Waals surface area contributed by atoms with Gasteiger partial charge in [0.2, 0.25) is 0 Å². The van der Waals surface area contributed by atoms with Crippen LogP contribution in [-0.2, 0) is 17.7 Å². The lowest BCUT2D eigenvalue weighted by atomic mass is 10.2. The molecule has 0 spiro atoms. The normalized spacial score (nSPS) is 14.5. The van der Waals surface area contributed by atoms with E-state index in [0.717, 1.165) is 31.0 Å². The zero-order valence-electron chi connectivity index (χ0n) is 17.6. The summed E-state index contributed by atoms with van der Waals surface area (Å²) in [5, 5.41) is 12.1. The Morgan fingerprint density at radius 2 is 1.91 bits per heavy atom. The molecule has 9 heteroatoms. The van der Waals surface area contributed by atoms with Crippen molar-refractivity contribution >= 4 is 22.9 Å². The number of ether oxygens (including phenoxy) is 1. The molecule has 168 valence electrons. The largest absolute Gasteiger partial charge is 0.478 e. The van der Waals surface area contributed by atoms with Crippen LogP contribution < -0.4 is 5.32 Å².